The number of carboxylic acid groups (broad SMARTS) is 1. The van der Waals surface area contributed by atoms with Crippen molar-refractivity contribution in [3.63, 3.8) is 0 Å². The number of fused-ring (bicyclic) bond motifs is 1. The van der Waals surface area contributed by atoms with Gasteiger partial charge in [0.15, 0.2) is 0 Å². The molecule has 0 amide bonds. The van der Waals surface area contributed by atoms with Crippen molar-refractivity contribution in [2.75, 3.05) is 0 Å². The van der Waals surface area contributed by atoms with E-state index in [9.17, 15) is 4.79 Å². The van der Waals surface area contributed by atoms with Gasteiger partial charge in [-0.2, -0.15) is 0 Å². The molecule has 0 aliphatic rings. The number of rotatable bonds is 1. The van der Waals surface area contributed by atoms with E-state index in [-0.39, 0.29) is 5.56 Å². The summed E-state index contributed by atoms with van der Waals surface area (Å²) < 4.78 is 0. The van der Waals surface area contributed by atoms with Crippen LogP contribution in [0.2, 0.25) is 0 Å². The zero-order chi connectivity index (χ0) is 10.8. The van der Waals surface area contributed by atoms with E-state index in [4.69, 9.17) is 11.5 Å². The molecule has 72 valence electrons. The summed E-state index contributed by atoms with van der Waals surface area (Å²) in [5.74, 6) is 1.62. The van der Waals surface area contributed by atoms with E-state index in [1.807, 2.05) is 12.1 Å². The Morgan fingerprint density at radius 2 is 1.80 bits per heavy atom. The summed E-state index contributed by atoms with van der Waals surface area (Å²) in [7, 11) is 0. The largest absolute Gasteiger partial charge is 0.478 e. The van der Waals surface area contributed by atoms with Gasteiger partial charge in [-0.3, -0.25) is 0 Å². The van der Waals surface area contributed by atoms with E-state index in [1.165, 1.54) is 0 Å². The standard InChI is InChI=1S/C13H8O2/c1-2-9-3-4-11-8-12(13(14)15)6-5-10(11)7-9/h1,3-8H,(H,14,15). The highest BCUT2D eigenvalue weighted by atomic mass is 16.4. The third kappa shape index (κ3) is 1.68. The number of carboxylic acids is 1. The third-order valence-electron chi connectivity index (χ3n) is 2.25. The average Bonchev–Trinajstić information content (AvgIpc) is 2.27. The summed E-state index contributed by atoms with van der Waals surface area (Å²) in [6.45, 7) is 0. The molecule has 2 aromatic rings. The fourth-order valence-corrected chi connectivity index (χ4v) is 1.47. The van der Waals surface area contributed by atoms with Crippen molar-refractivity contribution in [2.24, 2.45) is 0 Å². The molecule has 0 bridgehead atoms. The van der Waals surface area contributed by atoms with Gasteiger partial charge in [0.25, 0.3) is 0 Å². The molecule has 2 rings (SSSR count). The first-order valence-corrected chi connectivity index (χ1v) is 4.44. The molecule has 1 N–H and O–H groups in total. The van der Waals surface area contributed by atoms with Crippen molar-refractivity contribution in [1.29, 1.82) is 0 Å². The normalized spacial score (nSPS) is 9.80. The molecule has 0 atom stereocenters. The molecule has 0 aliphatic carbocycles. The molecule has 0 heterocycles. The Kier molecular flexibility index (Phi) is 2.15. The summed E-state index contributed by atoms with van der Waals surface area (Å²) in [6, 6.07) is 10.5. The molecule has 2 heteroatoms. The van der Waals surface area contributed by atoms with Crippen molar-refractivity contribution >= 4 is 16.7 Å². The predicted molar refractivity (Wildman–Crippen MR) is 58.8 cm³/mol. The lowest BCUT2D eigenvalue weighted by atomic mass is 10.0. The van der Waals surface area contributed by atoms with E-state index >= 15 is 0 Å². The van der Waals surface area contributed by atoms with Crippen LogP contribution in [0, 0.1) is 12.3 Å². The van der Waals surface area contributed by atoms with Gasteiger partial charge in [-0.1, -0.05) is 18.1 Å². The summed E-state index contributed by atoms with van der Waals surface area (Å²) in [5, 5.41) is 10.7. The van der Waals surface area contributed by atoms with Crippen molar-refractivity contribution < 1.29 is 9.90 Å². The quantitative estimate of drug-likeness (QED) is 0.711. The number of hydrogen-bond donors (Lipinski definition) is 1. The molecule has 2 aromatic carbocycles. The Balaban J connectivity index is 2.66. The second-order valence-corrected chi connectivity index (χ2v) is 3.23. The molecular formula is C13H8O2. The minimum atomic E-state index is -0.919. The van der Waals surface area contributed by atoms with Gasteiger partial charge in [0.2, 0.25) is 0 Å². The third-order valence-corrected chi connectivity index (χ3v) is 2.25. The zero-order valence-electron chi connectivity index (χ0n) is 7.90. The summed E-state index contributed by atoms with van der Waals surface area (Å²) >= 11 is 0. The monoisotopic (exact) mass is 196 g/mol. The smallest absolute Gasteiger partial charge is 0.335 e. The Labute approximate surface area is 87.2 Å². The topological polar surface area (TPSA) is 37.3 Å². The molecule has 0 radical (unpaired) electrons. The lowest BCUT2D eigenvalue weighted by molar-refractivity contribution is 0.0697. The van der Waals surface area contributed by atoms with Gasteiger partial charge in [0.1, 0.15) is 0 Å². The first-order valence-electron chi connectivity index (χ1n) is 4.44. The molecule has 2 nitrogen and oxygen atoms in total. The van der Waals surface area contributed by atoms with Crippen LogP contribution in [0.25, 0.3) is 10.8 Å². The molecule has 0 saturated heterocycles. The minimum absolute atomic E-state index is 0.288. The SMILES string of the molecule is C#Cc1ccc2cc(C(=O)O)ccc2c1. The fraction of sp³-hybridized carbons (Fsp3) is 0. The second-order valence-electron chi connectivity index (χ2n) is 3.23. The Morgan fingerprint density at radius 3 is 2.47 bits per heavy atom. The van der Waals surface area contributed by atoms with Crippen LogP contribution in [-0.2, 0) is 0 Å². The highest BCUT2D eigenvalue weighted by Gasteiger charge is 2.03. The van der Waals surface area contributed by atoms with Crippen LogP contribution in [0.3, 0.4) is 0 Å². The van der Waals surface area contributed by atoms with Crippen molar-refractivity contribution in [3.05, 3.63) is 47.5 Å². The Hall–Kier alpha value is -2.27. The number of benzene rings is 2. The molecule has 0 spiro atoms. The van der Waals surface area contributed by atoms with Crippen molar-refractivity contribution in [1.82, 2.24) is 0 Å². The number of hydrogen-bond acceptors (Lipinski definition) is 1. The summed E-state index contributed by atoms with van der Waals surface area (Å²) in [5.41, 5.74) is 1.08. The van der Waals surface area contributed by atoms with Gasteiger partial charge < -0.3 is 5.11 Å². The second kappa shape index (κ2) is 3.47. The lowest BCUT2D eigenvalue weighted by Gasteiger charge is -2.00. The first-order chi connectivity index (χ1) is 7.20. The van der Waals surface area contributed by atoms with Crippen molar-refractivity contribution in [3.8, 4) is 12.3 Å². The van der Waals surface area contributed by atoms with Crippen LogP contribution in [0.1, 0.15) is 15.9 Å². The van der Waals surface area contributed by atoms with Gasteiger partial charge in [0.05, 0.1) is 5.56 Å². The molecule has 0 fully saturated rings. The molecule has 15 heavy (non-hydrogen) atoms. The number of terminal acetylenes is 1. The number of aromatic carboxylic acids is 1. The summed E-state index contributed by atoms with van der Waals surface area (Å²) in [4.78, 5) is 10.7. The fourth-order valence-electron chi connectivity index (χ4n) is 1.47. The summed E-state index contributed by atoms with van der Waals surface area (Å²) in [6.07, 6.45) is 5.27. The highest BCUT2D eigenvalue weighted by Crippen LogP contribution is 2.17. The van der Waals surface area contributed by atoms with E-state index in [0.29, 0.717) is 0 Å². The minimum Gasteiger partial charge on any atom is -0.478 e. The van der Waals surface area contributed by atoms with E-state index in [0.717, 1.165) is 16.3 Å². The Bertz CT molecular complexity index is 577. The van der Waals surface area contributed by atoms with E-state index in [2.05, 4.69) is 5.92 Å². The maximum Gasteiger partial charge on any atom is 0.335 e. The average molecular weight is 196 g/mol. The van der Waals surface area contributed by atoms with Crippen LogP contribution < -0.4 is 0 Å². The lowest BCUT2D eigenvalue weighted by Crippen LogP contribution is -1.95. The molecule has 0 aliphatic heterocycles. The zero-order valence-corrected chi connectivity index (χ0v) is 7.90. The van der Waals surface area contributed by atoms with Crippen LogP contribution in [0.5, 0.6) is 0 Å². The van der Waals surface area contributed by atoms with E-state index < -0.39 is 5.97 Å². The van der Waals surface area contributed by atoms with Gasteiger partial charge in [0, 0.05) is 5.56 Å². The molecule has 0 unspecified atom stereocenters. The van der Waals surface area contributed by atoms with E-state index in [1.54, 1.807) is 24.3 Å². The van der Waals surface area contributed by atoms with Crippen LogP contribution in [-0.4, -0.2) is 11.1 Å². The van der Waals surface area contributed by atoms with Crippen LogP contribution >= 0.6 is 0 Å². The maximum atomic E-state index is 10.7. The van der Waals surface area contributed by atoms with Gasteiger partial charge in [-0.15, -0.1) is 6.42 Å². The maximum absolute atomic E-state index is 10.7. The van der Waals surface area contributed by atoms with Crippen LogP contribution in [0.15, 0.2) is 36.4 Å². The highest BCUT2D eigenvalue weighted by molar-refractivity contribution is 5.94. The first kappa shape index (κ1) is 9.29. The predicted octanol–water partition coefficient (Wildman–Crippen LogP) is 2.52. The Morgan fingerprint density at radius 1 is 1.13 bits per heavy atom. The van der Waals surface area contributed by atoms with Gasteiger partial charge in [-0.05, 0) is 35.0 Å². The number of carbonyl (C=O) groups is 1. The van der Waals surface area contributed by atoms with Crippen LogP contribution in [0.4, 0.5) is 0 Å². The van der Waals surface area contributed by atoms with Crippen molar-refractivity contribution in [2.45, 2.75) is 0 Å². The molecule has 0 saturated carbocycles. The molecule has 0 aromatic heterocycles. The van der Waals surface area contributed by atoms with Gasteiger partial charge in [-0.25, -0.2) is 4.79 Å². The van der Waals surface area contributed by atoms with Gasteiger partial charge >= 0.3 is 5.97 Å². The molecular weight excluding hydrogens is 188 g/mol.